The fourth-order valence-electron chi connectivity index (χ4n) is 2.30. The molecule has 1 saturated carbocycles. The molecule has 1 aliphatic heterocycles. The summed E-state index contributed by atoms with van der Waals surface area (Å²) in [6.45, 7) is 6.14. The number of carbonyl (C=O) groups is 1. The molecule has 1 spiro atoms. The van der Waals surface area contributed by atoms with E-state index in [0.29, 0.717) is 12.3 Å². The SMILES string of the molecule is C=C1C[C@@]2(CCC(=O)O2)CC1C. The molecule has 2 nitrogen and oxygen atoms in total. The zero-order valence-electron chi connectivity index (χ0n) is 7.43. The number of hydrogen-bond acceptors (Lipinski definition) is 2. The van der Waals surface area contributed by atoms with Crippen molar-refractivity contribution in [1.29, 1.82) is 0 Å². The van der Waals surface area contributed by atoms with Gasteiger partial charge in [0, 0.05) is 12.8 Å². The molecule has 0 aromatic rings. The van der Waals surface area contributed by atoms with Crippen LogP contribution in [0.3, 0.4) is 0 Å². The van der Waals surface area contributed by atoms with E-state index in [-0.39, 0.29) is 11.6 Å². The van der Waals surface area contributed by atoms with Gasteiger partial charge < -0.3 is 4.74 Å². The Kier molecular flexibility index (Phi) is 1.53. The maximum absolute atomic E-state index is 11.0. The predicted molar refractivity (Wildman–Crippen MR) is 45.6 cm³/mol. The van der Waals surface area contributed by atoms with Gasteiger partial charge in [-0.25, -0.2) is 0 Å². The summed E-state index contributed by atoms with van der Waals surface area (Å²) in [4.78, 5) is 11.0. The number of hydrogen-bond donors (Lipinski definition) is 0. The lowest BCUT2D eigenvalue weighted by atomic mass is 9.97. The molecule has 2 rings (SSSR count). The third-order valence-electron chi connectivity index (χ3n) is 3.04. The number of rotatable bonds is 0. The molecule has 0 aromatic heterocycles. The molecule has 0 N–H and O–H groups in total. The van der Waals surface area contributed by atoms with Crippen LogP contribution in [0.2, 0.25) is 0 Å². The summed E-state index contributed by atoms with van der Waals surface area (Å²) >= 11 is 0. The van der Waals surface area contributed by atoms with Gasteiger partial charge in [0.05, 0.1) is 0 Å². The van der Waals surface area contributed by atoms with Gasteiger partial charge in [0.2, 0.25) is 0 Å². The van der Waals surface area contributed by atoms with Crippen molar-refractivity contribution in [2.75, 3.05) is 0 Å². The van der Waals surface area contributed by atoms with E-state index in [2.05, 4.69) is 13.5 Å². The molecule has 0 radical (unpaired) electrons. The first kappa shape index (κ1) is 7.84. The van der Waals surface area contributed by atoms with Gasteiger partial charge in [-0.15, -0.1) is 0 Å². The van der Waals surface area contributed by atoms with Crippen LogP contribution in [-0.4, -0.2) is 11.6 Å². The van der Waals surface area contributed by atoms with Crippen LogP contribution in [0.4, 0.5) is 0 Å². The molecule has 0 amide bonds. The van der Waals surface area contributed by atoms with Crippen molar-refractivity contribution < 1.29 is 9.53 Å². The van der Waals surface area contributed by atoms with Crippen molar-refractivity contribution in [1.82, 2.24) is 0 Å². The molecule has 0 aromatic carbocycles. The Labute approximate surface area is 72.6 Å². The Morgan fingerprint density at radius 2 is 2.42 bits per heavy atom. The van der Waals surface area contributed by atoms with E-state index >= 15 is 0 Å². The molecule has 66 valence electrons. The van der Waals surface area contributed by atoms with Crippen LogP contribution in [0.1, 0.15) is 32.6 Å². The maximum Gasteiger partial charge on any atom is 0.306 e. The Bertz CT molecular complexity index is 244. The molecular weight excluding hydrogens is 152 g/mol. The normalized spacial score (nSPS) is 40.9. The van der Waals surface area contributed by atoms with Gasteiger partial charge in [0.1, 0.15) is 5.60 Å². The largest absolute Gasteiger partial charge is 0.459 e. The zero-order chi connectivity index (χ0) is 8.77. The fourth-order valence-corrected chi connectivity index (χ4v) is 2.30. The van der Waals surface area contributed by atoms with Crippen LogP contribution >= 0.6 is 0 Å². The molecule has 2 heteroatoms. The van der Waals surface area contributed by atoms with Crippen LogP contribution in [0.15, 0.2) is 12.2 Å². The minimum Gasteiger partial charge on any atom is -0.459 e. The highest BCUT2D eigenvalue weighted by atomic mass is 16.6. The minimum atomic E-state index is -0.145. The third kappa shape index (κ3) is 1.06. The summed E-state index contributed by atoms with van der Waals surface area (Å²) in [7, 11) is 0. The van der Waals surface area contributed by atoms with Gasteiger partial charge in [-0.3, -0.25) is 4.79 Å². The van der Waals surface area contributed by atoms with E-state index in [1.807, 2.05) is 0 Å². The molecule has 12 heavy (non-hydrogen) atoms. The summed E-state index contributed by atoms with van der Waals surface area (Å²) < 4.78 is 5.35. The van der Waals surface area contributed by atoms with Gasteiger partial charge in [-0.2, -0.15) is 0 Å². The van der Waals surface area contributed by atoms with Crippen molar-refractivity contribution >= 4 is 5.97 Å². The first-order valence-electron chi connectivity index (χ1n) is 4.51. The molecule has 1 heterocycles. The molecule has 0 bridgehead atoms. The average Bonchev–Trinajstić information content (AvgIpc) is 2.42. The second-order valence-corrected chi connectivity index (χ2v) is 4.10. The second-order valence-electron chi connectivity index (χ2n) is 4.10. The topological polar surface area (TPSA) is 26.3 Å². The molecule has 2 aliphatic rings. The van der Waals surface area contributed by atoms with Crippen LogP contribution in [0.25, 0.3) is 0 Å². The van der Waals surface area contributed by atoms with Crippen LogP contribution in [0.5, 0.6) is 0 Å². The smallest absolute Gasteiger partial charge is 0.306 e. The van der Waals surface area contributed by atoms with Crippen molar-refractivity contribution in [3.63, 3.8) is 0 Å². The van der Waals surface area contributed by atoms with Crippen LogP contribution in [0, 0.1) is 5.92 Å². The van der Waals surface area contributed by atoms with E-state index in [1.165, 1.54) is 5.57 Å². The highest BCUT2D eigenvalue weighted by Gasteiger charge is 2.46. The summed E-state index contributed by atoms with van der Waals surface area (Å²) in [5.74, 6) is 0.493. The zero-order valence-corrected chi connectivity index (χ0v) is 7.43. The van der Waals surface area contributed by atoms with Gasteiger partial charge >= 0.3 is 5.97 Å². The van der Waals surface area contributed by atoms with Crippen molar-refractivity contribution in [3.8, 4) is 0 Å². The second kappa shape index (κ2) is 2.35. The number of esters is 1. The van der Waals surface area contributed by atoms with Crippen molar-refractivity contribution in [2.45, 2.75) is 38.2 Å². The quantitative estimate of drug-likeness (QED) is 0.406. The fraction of sp³-hybridized carbons (Fsp3) is 0.700. The van der Waals surface area contributed by atoms with E-state index in [1.54, 1.807) is 0 Å². The highest BCUT2D eigenvalue weighted by molar-refractivity contribution is 5.72. The van der Waals surface area contributed by atoms with E-state index in [4.69, 9.17) is 4.74 Å². The minimum absolute atomic E-state index is 0.0306. The van der Waals surface area contributed by atoms with Crippen LogP contribution < -0.4 is 0 Å². The van der Waals surface area contributed by atoms with Crippen molar-refractivity contribution in [3.05, 3.63) is 12.2 Å². The van der Waals surface area contributed by atoms with Gasteiger partial charge in [-0.05, 0) is 18.8 Å². The maximum atomic E-state index is 11.0. The molecular formula is C10H14O2. The Balaban J connectivity index is 2.15. The van der Waals surface area contributed by atoms with E-state index in [0.717, 1.165) is 19.3 Å². The standard InChI is InChI=1S/C10H14O2/c1-7-5-10(6-8(7)2)4-3-9(11)12-10/h8H,1,3-6H2,2H3/t8?,10-/m0/s1. The Morgan fingerprint density at radius 3 is 2.83 bits per heavy atom. The van der Waals surface area contributed by atoms with Crippen molar-refractivity contribution in [2.24, 2.45) is 5.92 Å². The number of ether oxygens (including phenoxy) is 1. The lowest BCUT2D eigenvalue weighted by Crippen LogP contribution is -2.24. The summed E-state index contributed by atoms with van der Waals surface area (Å²) in [5, 5.41) is 0. The molecule has 2 fully saturated rings. The summed E-state index contributed by atoms with van der Waals surface area (Å²) in [5.41, 5.74) is 1.10. The highest BCUT2D eigenvalue weighted by Crippen LogP contribution is 2.46. The molecule has 1 saturated heterocycles. The molecule has 1 unspecified atom stereocenters. The van der Waals surface area contributed by atoms with Gasteiger partial charge in [0.15, 0.2) is 0 Å². The first-order chi connectivity index (χ1) is 5.61. The summed E-state index contributed by atoms with van der Waals surface area (Å²) in [6, 6.07) is 0. The average molecular weight is 166 g/mol. The van der Waals surface area contributed by atoms with E-state index < -0.39 is 0 Å². The van der Waals surface area contributed by atoms with Gasteiger partial charge in [-0.1, -0.05) is 19.1 Å². The summed E-state index contributed by atoms with van der Waals surface area (Å²) in [6.07, 6.45) is 3.37. The third-order valence-corrected chi connectivity index (χ3v) is 3.04. The van der Waals surface area contributed by atoms with E-state index in [9.17, 15) is 4.79 Å². The van der Waals surface area contributed by atoms with Gasteiger partial charge in [0.25, 0.3) is 0 Å². The lowest BCUT2D eigenvalue weighted by molar-refractivity contribution is -0.147. The molecule has 1 aliphatic carbocycles. The monoisotopic (exact) mass is 166 g/mol. The predicted octanol–water partition coefficient (Wildman–Crippen LogP) is 2.05. The Morgan fingerprint density at radius 1 is 1.67 bits per heavy atom. The first-order valence-corrected chi connectivity index (χ1v) is 4.51. The lowest BCUT2D eigenvalue weighted by Gasteiger charge is -2.20. The van der Waals surface area contributed by atoms with Crippen LogP contribution in [-0.2, 0) is 9.53 Å². The number of carbonyl (C=O) groups excluding carboxylic acids is 1. The molecule has 2 atom stereocenters. The Hall–Kier alpha value is -0.790.